The Kier molecular flexibility index (Phi) is 8.33. The van der Waals surface area contributed by atoms with Gasteiger partial charge in [0.15, 0.2) is 0 Å². The smallest absolute Gasteiger partial charge is 0.132 e. The molecule has 1 aliphatic rings. The third-order valence-electron chi connectivity index (χ3n) is 4.70. The zero-order valence-corrected chi connectivity index (χ0v) is 16.8. The molecule has 5 atom stereocenters. The minimum atomic E-state index is -0.850. The Bertz CT molecular complexity index is 684. The van der Waals surface area contributed by atoms with Crippen molar-refractivity contribution in [3.8, 4) is 0 Å². The van der Waals surface area contributed by atoms with Crippen LogP contribution in [0.25, 0.3) is 0 Å². The van der Waals surface area contributed by atoms with Crippen molar-refractivity contribution in [2.45, 2.75) is 50.0 Å². The number of hydrogen-bond donors (Lipinski definition) is 2. The molecule has 2 N–H and O–H groups in total. The summed E-state index contributed by atoms with van der Waals surface area (Å²) in [5.41, 5.74) is 1.57. The van der Waals surface area contributed by atoms with Gasteiger partial charge >= 0.3 is 0 Å². The third-order valence-corrected chi connectivity index (χ3v) is 5.75. The molecule has 1 saturated heterocycles. The van der Waals surface area contributed by atoms with Gasteiger partial charge in [0, 0.05) is 0 Å². The predicted molar refractivity (Wildman–Crippen MR) is 110 cm³/mol. The highest BCUT2D eigenvalue weighted by Gasteiger charge is 2.46. The van der Waals surface area contributed by atoms with Crippen LogP contribution >= 0.6 is 11.8 Å². The Balaban J connectivity index is 1.74. The number of thioether (sulfide) groups is 1. The first-order chi connectivity index (χ1) is 13.7. The van der Waals surface area contributed by atoms with Gasteiger partial charge in [-0.1, -0.05) is 67.6 Å². The summed E-state index contributed by atoms with van der Waals surface area (Å²) in [6.45, 7) is 2.52. The summed E-state index contributed by atoms with van der Waals surface area (Å²) in [6.07, 6.45) is -2.58. The molecule has 6 heteroatoms. The van der Waals surface area contributed by atoms with Crippen molar-refractivity contribution < 1.29 is 24.4 Å². The van der Waals surface area contributed by atoms with Crippen molar-refractivity contribution >= 4 is 11.8 Å². The lowest BCUT2D eigenvalue weighted by molar-refractivity contribution is -0.239. The van der Waals surface area contributed by atoms with E-state index >= 15 is 0 Å². The van der Waals surface area contributed by atoms with Crippen LogP contribution in [0.15, 0.2) is 60.7 Å². The molecule has 0 aromatic heterocycles. The van der Waals surface area contributed by atoms with E-state index in [1.165, 1.54) is 11.8 Å². The van der Waals surface area contributed by atoms with Gasteiger partial charge in [0.1, 0.15) is 29.9 Å². The first-order valence-electron chi connectivity index (χ1n) is 9.60. The normalized spacial score (nSPS) is 27.6. The molecule has 0 unspecified atom stereocenters. The molecule has 5 nitrogen and oxygen atoms in total. The molecule has 3 rings (SSSR count). The molecule has 2 aromatic carbocycles. The van der Waals surface area contributed by atoms with Crippen LogP contribution < -0.4 is 0 Å². The first-order valence-corrected chi connectivity index (χ1v) is 10.6. The molecule has 0 amide bonds. The lowest BCUT2D eigenvalue weighted by Crippen LogP contribution is -2.59. The number of benzene rings is 2. The van der Waals surface area contributed by atoms with Crippen molar-refractivity contribution in [3.05, 3.63) is 71.8 Å². The minimum Gasteiger partial charge on any atom is -0.394 e. The number of hydrogen-bond acceptors (Lipinski definition) is 6. The molecular formula is C22H28O5S. The molecule has 2 aromatic rings. The second-order valence-corrected chi connectivity index (χ2v) is 8.07. The molecule has 28 heavy (non-hydrogen) atoms. The topological polar surface area (TPSA) is 68.2 Å². The number of aliphatic hydroxyl groups is 2. The lowest BCUT2D eigenvalue weighted by atomic mass is 9.99. The van der Waals surface area contributed by atoms with Crippen LogP contribution in [0.4, 0.5) is 0 Å². The van der Waals surface area contributed by atoms with Gasteiger partial charge in [0.05, 0.1) is 19.8 Å². The van der Waals surface area contributed by atoms with Crippen LogP contribution in [-0.4, -0.2) is 52.4 Å². The van der Waals surface area contributed by atoms with E-state index in [0.29, 0.717) is 13.2 Å². The average molecular weight is 405 g/mol. The fourth-order valence-corrected chi connectivity index (χ4v) is 4.17. The Hall–Kier alpha value is -1.41. The van der Waals surface area contributed by atoms with E-state index in [9.17, 15) is 10.2 Å². The van der Waals surface area contributed by atoms with E-state index in [2.05, 4.69) is 0 Å². The summed E-state index contributed by atoms with van der Waals surface area (Å²) in [5, 5.41) is 20.8. The highest BCUT2D eigenvalue weighted by Crippen LogP contribution is 2.32. The maximum Gasteiger partial charge on any atom is 0.132 e. The molecular weight excluding hydrogens is 376 g/mol. The van der Waals surface area contributed by atoms with Gasteiger partial charge in [-0.25, -0.2) is 0 Å². The molecule has 0 saturated carbocycles. The van der Waals surface area contributed by atoms with Crippen LogP contribution in [0.5, 0.6) is 0 Å². The van der Waals surface area contributed by atoms with E-state index in [1.54, 1.807) is 0 Å². The fraction of sp³-hybridized carbons (Fsp3) is 0.455. The number of aliphatic hydroxyl groups excluding tert-OH is 2. The summed E-state index contributed by atoms with van der Waals surface area (Å²) < 4.78 is 18.1. The summed E-state index contributed by atoms with van der Waals surface area (Å²) >= 11 is 1.50. The fourth-order valence-electron chi connectivity index (χ4n) is 3.27. The Morgan fingerprint density at radius 2 is 1.43 bits per heavy atom. The molecule has 152 valence electrons. The molecule has 0 radical (unpaired) electrons. The van der Waals surface area contributed by atoms with E-state index in [0.717, 1.165) is 16.9 Å². The van der Waals surface area contributed by atoms with Gasteiger partial charge in [0.2, 0.25) is 0 Å². The van der Waals surface area contributed by atoms with E-state index in [-0.39, 0.29) is 6.61 Å². The number of ether oxygens (including phenoxy) is 3. The SMILES string of the molecule is CCS[C@@H]1O[C@H](CO)[C@@H](OCc2ccccc2)[C@H](OCc2ccccc2)[C@H]1O. The van der Waals surface area contributed by atoms with Crippen molar-refractivity contribution in [2.24, 2.45) is 0 Å². The molecule has 0 spiro atoms. The van der Waals surface area contributed by atoms with Gasteiger partial charge in [-0.3, -0.25) is 0 Å². The molecule has 1 aliphatic heterocycles. The Morgan fingerprint density at radius 3 is 1.93 bits per heavy atom. The largest absolute Gasteiger partial charge is 0.394 e. The summed E-state index contributed by atoms with van der Waals surface area (Å²) in [6, 6.07) is 19.6. The van der Waals surface area contributed by atoms with Crippen LogP contribution in [-0.2, 0) is 27.4 Å². The zero-order chi connectivity index (χ0) is 19.8. The van der Waals surface area contributed by atoms with E-state index in [4.69, 9.17) is 14.2 Å². The maximum absolute atomic E-state index is 10.9. The second kappa shape index (κ2) is 11.0. The van der Waals surface area contributed by atoms with Crippen molar-refractivity contribution in [3.63, 3.8) is 0 Å². The third kappa shape index (κ3) is 5.56. The average Bonchev–Trinajstić information content (AvgIpc) is 2.74. The summed E-state index contributed by atoms with van der Waals surface area (Å²) in [4.78, 5) is 0. The van der Waals surface area contributed by atoms with Crippen LogP contribution in [0.3, 0.4) is 0 Å². The predicted octanol–water partition coefficient (Wildman–Crippen LogP) is 2.99. The van der Waals surface area contributed by atoms with Gasteiger partial charge in [-0.2, -0.15) is 0 Å². The molecule has 0 aliphatic carbocycles. The quantitative estimate of drug-likeness (QED) is 0.670. The van der Waals surface area contributed by atoms with Gasteiger partial charge in [0.25, 0.3) is 0 Å². The van der Waals surface area contributed by atoms with E-state index in [1.807, 2.05) is 67.6 Å². The Morgan fingerprint density at radius 1 is 0.893 bits per heavy atom. The maximum atomic E-state index is 10.9. The van der Waals surface area contributed by atoms with Gasteiger partial charge in [-0.05, 0) is 16.9 Å². The molecule has 1 fully saturated rings. The highest BCUT2D eigenvalue weighted by molar-refractivity contribution is 7.99. The Labute approximate surface area is 170 Å². The van der Waals surface area contributed by atoms with Crippen LogP contribution in [0.1, 0.15) is 18.1 Å². The van der Waals surface area contributed by atoms with E-state index < -0.39 is 29.9 Å². The zero-order valence-electron chi connectivity index (χ0n) is 16.0. The van der Waals surface area contributed by atoms with Gasteiger partial charge < -0.3 is 24.4 Å². The molecule has 0 bridgehead atoms. The highest BCUT2D eigenvalue weighted by atomic mass is 32.2. The van der Waals surface area contributed by atoms with Crippen molar-refractivity contribution in [2.75, 3.05) is 12.4 Å². The monoisotopic (exact) mass is 404 g/mol. The molecule has 1 heterocycles. The van der Waals surface area contributed by atoms with Gasteiger partial charge in [-0.15, -0.1) is 11.8 Å². The summed E-state index contributed by atoms with van der Waals surface area (Å²) in [7, 11) is 0. The van der Waals surface area contributed by atoms with Crippen molar-refractivity contribution in [1.82, 2.24) is 0 Å². The minimum absolute atomic E-state index is 0.196. The van der Waals surface area contributed by atoms with Crippen LogP contribution in [0, 0.1) is 0 Å². The standard InChI is InChI=1S/C22H28O5S/c1-2-28-22-19(24)21(26-15-17-11-7-4-8-12-17)20(18(13-23)27-22)25-14-16-9-5-3-6-10-16/h3-12,18-24H,2,13-15H2,1H3/t18-,19-,20-,21-,22+/m1/s1. The van der Waals surface area contributed by atoms with Crippen molar-refractivity contribution in [1.29, 1.82) is 0 Å². The summed E-state index contributed by atoms with van der Waals surface area (Å²) in [5.74, 6) is 0.792. The van der Waals surface area contributed by atoms with Crippen LogP contribution in [0.2, 0.25) is 0 Å². The lowest BCUT2D eigenvalue weighted by Gasteiger charge is -2.43. The second-order valence-electron chi connectivity index (χ2n) is 6.69. The first kappa shape index (κ1) is 21.3. The number of rotatable bonds is 9.